The minimum Gasteiger partial charge on any atom is -0.341 e. The second kappa shape index (κ2) is 8.04. The van der Waals surface area contributed by atoms with Crippen molar-refractivity contribution in [2.75, 3.05) is 5.32 Å². The van der Waals surface area contributed by atoms with Gasteiger partial charge in [0.05, 0.1) is 10.9 Å². The van der Waals surface area contributed by atoms with Gasteiger partial charge in [-0.25, -0.2) is 0 Å². The molecule has 4 nitrogen and oxygen atoms in total. The number of aromatic nitrogens is 2. The van der Waals surface area contributed by atoms with Crippen LogP contribution in [0.1, 0.15) is 31.5 Å². The van der Waals surface area contributed by atoms with E-state index in [1.807, 2.05) is 69.3 Å². The number of aryl methyl sites for hydroxylation is 1. The van der Waals surface area contributed by atoms with Crippen LogP contribution in [0.4, 0.5) is 5.82 Å². The number of benzene rings is 1. The second-order valence-corrected chi connectivity index (χ2v) is 6.51. The zero-order chi connectivity index (χ0) is 19.4. The summed E-state index contributed by atoms with van der Waals surface area (Å²) in [7, 11) is 0. The fourth-order valence-electron chi connectivity index (χ4n) is 3.19. The summed E-state index contributed by atoms with van der Waals surface area (Å²) in [6.45, 7) is 7.88. The second-order valence-electron chi connectivity index (χ2n) is 6.51. The van der Waals surface area contributed by atoms with E-state index in [1.165, 1.54) is 0 Å². The average Bonchev–Trinajstić information content (AvgIpc) is 2.67. The Kier molecular flexibility index (Phi) is 5.55. The van der Waals surface area contributed by atoms with E-state index in [9.17, 15) is 4.79 Å². The number of pyridine rings is 2. The summed E-state index contributed by atoms with van der Waals surface area (Å²) in [6, 6.07) is 12.0. The molecule has 0 bridgehead atoms. The summed E-state index contributed by atoms with van der Waals surface area (Å²) in [4.78, 5) is 17.3. The van der Waals surface area contributed by atoms with Crippen molar-refractivity contribution in [3.8, 4) is 5.69 Å². The summed E-state index contributed by atoms with van der Waals surface area (Å²) in [5.41, 5.74) is 4.36. The first-order chi connectivity index (χ1) is 13.1. The highest BCUT2D eigenvalue weighted by molar-refractivity contribution is 5.84. The Bertz CT molecular complexity index is 1080. The van der Waals surface area contributed by atoms with E-state index in [0.717, 1.165) is 34.8 Å². The van der Waals surface area contributed by atoms with E-state index < -0.39 is 0 Å². The molecule has 0 atom stereocenters. The van der Waals surface area contributed by atoms with Crippen molar-refractivity contribution in [2.45, 2.75) is 34.1 Å². The van der Waals surface area contributed by atoms with Gasteiger partial charge in [0, 0.05) is 28.8 Å². The lowest BCUT2D eigenvalue weighted by atomic mass is 10.1. The number of nitrogens with one attached hydrogen (secondary N) is 1. The Morgan fingerprint density at radius 2 is 1.96 bits per heavy atom. The maximum Gasteiger partial charge on any atom is 0.196 e. The average molecular weight is 359 g/mol. The highest BCUT2D eigenvalue weighted by atomic mass is 16.1. The van der Waals surface area contributed by atoms with Crippen molar-refractivity contribution < 1.29 is 0 Å². The van der Waals surface area contributed by atoms with Gasteiger partial charge in [-0.15, -0.1) is 0 Å². The molecule has 3 aromatic rings. The fourth-order valence-corrected chi connectivity index (χ4v) is 3.19. The van der Waals surface area contributed by atoms with Crippen LogP contribution in [0.25, 0.3) is 16.6 Å². The number of hydrogen-bond acceptors (Lipinski definition) is 3. The highest BCUT2D eigenvalue weighted by Crippen LogP contribution is 2.26. The number of para-hydroxylation sites is 1. The Labute approximate surface area is 159 Å². The predicted octanol–water partition coefficient (Wildman–Crippen LogP) is 5.28. The van der Waals surface area contributed by atoms with Crippen LogP contribution in [0.15, 0.2) is 71.3 Å². The molecular formula is C23H25N3O. The molecule has 0 radical (unpaired) electrons. The number of nitrogens with zero attached hydrogens (tertiary/aromatic N) is 2. The van der Waals surface area contributed by atoms with Crippen molar-refractivity contribution in [3.63, 3.8) is 0 Å². The molecule has 1 N–H and O–H groups in total. The monoisotopic (exact) mass is 359 g/mol. The zero-order valence-electron chi connectivity index (χ0n) is 16.3. The van der Waals surface area contributed by atoms with Crippen LogP contribution < -0.4 is 10.7 Å². The van der Waals surface area contributed by atoms with Crippen LogP contribution in [-0.2, 0) is 0 Å². The van der Waals surface area contributed by atoms with Gasteiger partial charge in [0.2, 0.25) is 0 Å². The summed E-state index contributed by atoms with van der Waals surface area (Å²) in [6.07, 6.45) is 8.70. The molecule has 0 aliphatic carbocycles. The third-order valence-corrected chi connectivity index (χ3v) is 4.47. The van der Waals surface area contributed by atoms with Crippen LogP contribution in [0, 0.1) is 13.8 Å². The first-order valence-corrected chi connectivity index (χ1v) is 9.24. The van der Waals surface area contributed by atoms with E-state index in [4.69, 9.17) is 0 Å². The van der Waals surface area contributed by atoms with Crippen LogP contribution in [-0.4, -0.2) is 9.55 Å². The third-order valence-electron chi connectivity index (χ3n) is 4.47. The summed E-state index contributed by atoms with van der Waals surface area (Å²) >= 11 is 0. The minimum absolute atomic E-state index is 0.00325. The van der Waals surface area contributed by atoms with E-state index in [0.29, 0.717) is 10.9 Å². The molecule has 3 rings (SSSR count). The van der Waals surface area contributed by atoms with Crippen LogP contribution in [0.5, 0.6) is 0 Å². The van der Waals surface area contributed by atoms with Gasteiger partial charge in [0.25, 0.3) is 0 Å². The zero-order valence-corrected chi connectivity index (χ0v) is 16.3. The maximum absolute atomic E-state index is 13.0. The first-order valence-electron chi connectivity index (χ1n) is 9.24. The van der Waals surface area contributed by atoms with Crippen molar-refractivity contribution in [1.82, 2.24) is 9.55 Å². The summed E-state index contributed by atoms with van der Waals surface area (Å²) < 4.78 is 2.10. The number of hydrogen-bond donors (Lipinski definition) is 1. The maximum atomic E-state index is 13.0. The predicted molar refractivity (Wildman–Crippen MR) is 114 cm³/mol. The molecule has 27 heavy (non-hydrogen) atoms. The van der Waals surface area contributed by atoms with Crippen LogP contribution in [0.3, 0.4) is 0 Å². The molecule has 0 saturated carbocycles. The van der Waals surface area contributed by atoms with Gasteiger partial charge in [-0.3, -0.25) is 14.3 Å². The third kappa shape index (κ3) is 3.70. The lowest BCUT2D eigenvalue weighted by molar-refractivity contribution is 1.06. The van der Waals surface area contributed by atoms with Gasteiger partial charge >= 0.3 is 0 Å². The molecule has 0 aliphatic rings. The van der Waals surface area contributed by atoms with Crippen molar-refractivity contribution in [2.24, 2.45) is 0 Å². The summed E-state index contributed by atoms with van der Waals surface area (Å²) in [5, 5.41) is 4.11. The number of anilines is 1. The SMILES string of the molecule is C/C=C\C(=C/CC)Nc1c(C)c(=O)c2cnc(C)cc2n1-c1ccccc1. The van der Waals surface area contributed by atoms with Gasteiger partial charge in [-0.05, 0) is 51.5 Å². The molecule has 0 aliphatic heterocycles. The first kappa shape index (κ1) is 18.6. The normalized spacial score (nSPS) is 12.1. The quantitative estimate of drug-likeness (QED) is 0.630. The molecule has 0 spiro atoms. The van der Waals surface area contributed by atoms with Gasteiger partial charge in [0.15, 0.2) is 5.43 Å². The molecule has 2 heterocycles. The van der Waals surface area contributed by atoms with Gasteiger partial charge in [-0.2, -0.15) is 0 Å². The molecule has 2 aromatic heterocycles. The lowest BCUT2D eigenvalue weighted by Gasteiger charge is -2.21. The van der Waals surface area contributed by atoms with E-state index >= 15 is 0 Å². The molecule has 1 aromatic carbocycles. The van der Waals surface area contributed by atoms with E-state index in [2.05, 4.69) is 27.9 Å². The lowest BCUT2D eigenvalue weighted by Crippen LogP contribution is -2.18. The molecule has 0 saturated heterocycles. The largest absolute Gasteiger partial charge is 0.341 e. The molecule has 0 unspecified atom stereocenters. The van der Waals surface area contributed by atoms with Gasteiger partial charge in [0.1, 0.15) is 5.82 Å². The Morgan fingerprint density at radius 1 is 1.22 bits per heavy atom. The highest BCUT2D eigenvalue weighted by Gasteiger charge is 2.16. The number of rotatable bonds is 5. The molecule has 4 heteroatoms. The van der Waals surface area contributed by atoms with Gasteiger partial charge in [-0.1, -0.05) is 37.3 Å². The van der Waals surface area contributed by atoms with Gasteiger partial charge < -0.3 is 5.32 Å². The molecule has 138 valence electrons. The molecule has 0 fully saturated rings. The van der Waals surface area contributed by atoms with E-state index in [-0.39, 0.29) is 5.43 Å². The Morgan fingerprint density at radius 3 is 2.63 bits per heavy atom. The summed E-state index contributed by atoms with van der Waals surface area (Å²) in [5.74, 6) is 0.780. The topological polar surface area (TPSA) is 46.9 Å². The molecular weight excluding hydrogens is 334 g/mol. The minimum atomic E-state index is 0.00325. The molecule has 0 amide bonds. The van der Waals surface area contributed by atoms with Crippen molar-refractivity contribution in [3.05, 3.63) is 88.0 Å². The van der Waals surface area contributed by atoms with Crippen LogP contribution >= 0.6 is 0 Å². The standard InChI is InChI=1S/C23H25N3O/c1-5-10-18(11-6-2)25-23-17(4)22(27)20-15-24-16(3)14-21(20)26(23)19-12-8-7-9-13-19/h5,7-15,25H,6H2,1-4H3/b10-5-,18-11+. The Hall–Kier alpha value is -3.14. The van der Waals surface area contributed by atoms with Crippen LogP contribution in [0.2, 0.25) is 0 Å². The van der Waals surface area contributed by atoms with Crippen molar-refractivity contribution in [1.29, 1.82) is 0 Å². The van der Waals surface area contributed by atoms with Crippen molar-refractivity contribution >= 4 is 16.7 Å². The van der Waals surface area contributed by atoms with E-state index in [1.54, 1.807) is 6.20 Å². The smallest absolute Gasteiger partial charge is 0.196 e. The fraction of sp³-hybridized carbons (Fsp3) is 0.217. The Balaban J connectivity index is 2.39. The number of fused-ring (bicyclic) bond motifs is 1. The number of allylic oxidation sites excluding steroid dienone is 3.